The number of pyridine rings is 1. The van der Waals surface area contributed by atoms with Gasteiger partial charge in [-0.1, -0.05) is 11.8 Å². The third-order valence-electron chi connectivity index (χ3n) is 2.63. The van der Waals surface area contributed by atoms with Crippen molar-refractivity contribution in [2.45, 2.75) is 37.1 Å². The summed E-state index contributed by atoms with van der Waals surface area (Å²) < 4.78 is 0. The first-order valence-electron chi connectivity index (χ1n) is 6.72. The lowest BCUT2D eigenvalue weighted by Gasteiger charge is -2.12. The molecule has 3 amide bonds. The number of imide groups is 1. The van der Waals surface area contributed by atoms with Crippen molar-refractivity contribution in [3.05, 3.63) is 17.2 Å². The molecule has 23 heavy (non-hydrogen) atoms. The fourth-order valence-corrected chi connectivity index (χ4v) is 2.48. The molecule has 0 radical (unpaired) electrons. The molecule has 1 aromatic heterocycles. The average Bonchev–Trinajstić information content (AvgIpc) is 2.46. The Morgan fingerprint density at radius 2 is 1.87 bits per heavy atom. The van der Waals surface area contributed by atoms with Crippen LogP contribution in [0.5, 0.6) is 0 Å². The van der Waals surface area contributed by atoms with Crippen LogP contribution in [-0.2, 0) is 4.79 Å². The first-order valence-corrected chi connectivity index (χ1v) is 7.60. The van der Waals surface area contributed by atoms with Crippen LogP contribution in [0.1, 0.15) is 31.9 Å². The topological polar surface area (TPSA) is 146 Å². The average molecular weight is 333 g/mol. The highest BCUT2D eigenvalue weighted by molar-refractivity contribution is 8.00. The molecule has 0 aliphatic heterocycles. The second-order valence-electron chi connectivity index (χ2n) is 4.94. The standard InChI is InChI=1S/C14H16N6O2S/c1-7(2)18-14(22)20-12(21)8(3)23-13-10(6-16)4-9(5-15)11(17)19-13/h4,7-8H,1-3H3,(H2,17,19)(H2,18,20,21,22)/p+1/t8-/m1/s1. The summed E-state index contributed by atoms with van der Waals surface area (Å²) in [5, 5.41) is 22.5. The molecule has 0 saturated heterocycles. The van der Waals surface area contributed by atoms with E-state index < -0.39 is 17.2 Å². The van der Waals surface area contributed by atoms with E-state index in [1.165, 1.54) is 6.07 Å². The summed E-state index contributed by atoms with van der Waals surface area (Å²) in [6, 6.07) is 4.48. The van der Waals surface area contributed by atoms with E-state index in [-0.39, 0.29) is 23.0 Å². The summed E-state index contributed by atoms with van der Waals surface area (Å²) in [4.78, 5) is 26.2. The second-order valence-corrected chi connectivity index (χ2v) is 6.29. The van der Waals surface area contributed by atoms with Crippen molar-refractivity contribution in [2.24, 2.45) is 0 Å². The molecular weight excluding hydrogens is 316 g/mol. The van der Waals surface area contributed by atoms with Crippen molar-refractivity contribution in [2.75, 3.05) is 5.73 Å². The first-order chi connectivity index (χ1) is 10.8. The van der Waals surface area contributed by atoms with E-state index in [2.05, 4.69) is 15.6 Å². The van der Waals surface area contributed by atoms with Gasteiger partial charge in [0.15, 0.2) is 5.03 Å². The number of aromatic amines is 1. The minimum Gasteiger partial charge on any atom is -0.336 e. The number of thioether (sulfide) groups is 1. The van der Waals surface area contributed by atoms with Crippen LogP contribution in [0.15, 0.2) is 11.1 Å². The lowest BCUT2D eigenvalue weighted by Crippen LogP contribution is -2.45. The molecule has 0 unspecified atom stereocenters. The van der Waals surface area contributed by atoms with Crippen molar-refractivity contribution in [3.8, 4) is 12.1 Å². The van der Waals surface area contributed by atoms with Gasteiger partial charge in [-0.25, -0.2) is 9.78 Å². The van der Waals surface area contributed by atoms with Gasteiger partial charge >= 0.3 is 6.03 Å². The SMILES string of the molecule is CC(C)NC(=O)NC(=O)[C@@H](C)Sc1[nH+]c(N)c(C#N)cc1C#N. The Kier molecular flexibility index (Phi) is 6.36. The van der Waals surface area contributed by atoms with Crippen molar-refractivity contribution in [1.82, 2.24) is 10.6 Å². The normalized spacial score (nSPS) is 11.2. The largest absolute Gasteiger partial charge is 0.336 e. The van der Waals surface area contributed by atoms with Crippen LogP contribution in [0, 0.1) is 22.7 Å². The Morgan fingerprint density at radius 1 is 1.26 bits per heavy atom. The van der Waals surface area contributed by atoms with E-state index in [0.29, 0.717) is 5.03 Å². The molecule has 120 valence electrons. The van der Waals surface area contributed by atoms with Crippen molar-refractivity contribution < 1.29 is 14.6 Å². The predicted molar refractivity (Wildman–Crippen MR) is 84.0 cm³/mol. The van der Waals surface area contributed by atoms with Crippen LogP contribution < -0.4 is 21.4 Å². The number of nitrogens with two attached hydrogens (primary N) is 1. The highest BCUT2D eigenvalue weighted by Gasteiger charge is 2.22. The Labute approximate surface area is 138 Å². The zero-order valence-electron chi connectivity index (χ0n) is 12.9. The van der Waals surface area contributed by atoms with E-state index in [1.807, 2.05) is 12.1 Å². The number of rotatable bonds is 4. The molecule has 0 aliphatic rings. The summed E-state index contributed by atoms with van der Waals surface area (Å²) in [5.74, 6) is -0.396. The Bertz CT molecular complexity index is 704. The number of nitrogens with zero attached hydrogens (tertiary/aromatic N) is 2. The smallest absolute Gasteiger partial charge is 0.321 e. The lowest BCUT2D eigenvalue weighted by molar-refractivity contribution is -0.410. The van der Waals surface area contributed by atoms with Gasteiger partial charge in [0.2, 0.25) is 5.91 Å². The molecule has 0 aromatic carbocycles. The van der Waals surface area contributed by atoms with E-state index in [0.717, 1.165) is 11.8 Å². The Hall–Kier alpha value is -2.78. The number of nitriles is 2. The summed E-state index contributed by atoms with van der Waals surface area (Å²) in [6.07, 6.45) is 0. The van der Waals surface area contributed by atoms with Gasteiger partial charge < -0.3 is 5.32 Å². The zero-order valence-corrected chi connectivity index (χ0v) is 13.7. The van der Waals surface area contributed by atoms with E-state index in [1.54, 1.807) is 20.8 Å². The minimum absolute atomic E-state index is 0.0948. The third-order valence-corrected chi connectivity index (χ3v) is 3.76. The number of hydrogen-bond acceptors (Lipinski definition) is 6. The van der Waals surface area contributed by atoms with Gasteiger partial charge in [-0.3, -0.25) is 15.8 Å². The molecule has 8 nitrogen and oxygen atoms in total. The number of carbonyl (C=O) groups excluding carboxylic acids is 2. The molecule has 0 fully saturated rings. The molecule has 9 heteroatoms. The number of H-pyrrole nitrogens is 1. The number of nitrogens with one attached hydrogen (secondary N) is 3. The van der Waals surface area contributed by atoms with Gasteiger partial charge in [-0.05, 0) is 26.8 Å². The number of amides is 3. The van der Waals surface area contributed by atoms with Gasteiger partial charge in [-0.15, -0.1) is 0 Å². The van der Waals surface area contributed by atoms with Crippen LogP contribution in [0.4, 0.5) is 10.6 Å². The number of carbonyl (C=O) groups is 2. The maximum Gasteiger partial charge on any atom is 0.321 e. The van der Waals surface area contributed by atoms with Gasteiger partial charge in [-0.2, -0.15) is 10.5 Å². The number of anilines is 1. The van der Waals surface area contributed by atoms with E-state index >= 15 is 0 Å². The molecule has 1 rings (SSSR count). The Morgan fingerprint density at radius 3 is 2.39 bits per heavy atom. The van der Waals surface area contributed by atoms with Gasteiger partial charge in [0.25, 0.3) is 5.82 Å². The maximum absolute atomic E-state index is 12.0. The molecule has 1 atom stereocenters. The fourth-order valence-electron chi connectivity index (χ4n) is 1.56. The molecule has 0 spiro atoms. The molecular formula is C14H17N6O2S+. The molecule has 0 aliphatic carbocycles. The Balaban J connectivity index is 2.85. The summed E-state index contributed by atoms with van der Waals surface area (Å²) in [5.41, 5.74) is 6.03. The minimum atomic E-state index is -0.649. The maximum atomic E-state index is 12.0. The molecule has 5 N–H and O–H groups in total. The predicted octanol–water partition coefficient (Wildman–Crippen LogP) is 0.541. The second kappa shape index (κ2) is 8.01. The summed E-state index contributed by atoms with van der Waals surface area (Å²) >= 11 is 1.04. The van der Waals surface area contributed by atoms with Gasteiger partial charge in [0, 0.05) is 6.04 Å². The lowest BCUT2D eigenvalue weighted by atomic mass is 10.2. The number of nitrogen functional groups attached to an aromatic ring is 1. The summed E-state index contributed by atoms with van der Waals surface area (Å²) in [6.45, 7) is 5.14. The van der Waals surface area contributed by atoms with Crippen molar-refractivity contribution in [3.63, 3.8) is 0 Å². The third kappa shape index (κ3) is 5.16. The quantitative estimate of drug-likeness (QED) is 0.685. The molecule has 1 aromatic rings. The van der Waals surface area contributed by atoms with Crippen LogP contribution in [0.2, 0.25) is 0 Å². The number of aromatic nitrogens is 1. The fraction of sp³-hybridized carbons (Fsp3) is 0.357. The summed E-state index contributed by atoms with van der Waals surface area (Å²) in [7, 11) is 0. The van der Waals surface area contributed by atoms with E-state index in [9.17, 15) is 9.59 Å². The first kappa shape index (κ1) is 18.3. The molecule has 0 bridgehead atoms. The van der Waals surface area contributed by atoms with E-state index in [4.69, 9.17) is 16.3 Å². The van der Waals surface area contributed by atoms with Crippen LogP contribution in [0.3, 0.4) is 0 Å². The van der Waals surface area contributed by atoms with Gasteiger partial charge in [0.1, 0.15) is 23.3 Å². The van der Waals surface area contributed by atoms with Crippen LogP contribution in [-0.4, -0.2) is 23.2 Å². The monoisotopic (exact) mass is 333 g/mol. The highest BCUT2D eigenvalue weighted by atomic mass is 32.2. The zero-order chi connectivity index (χ0) is 17.6. The molecule has 1 heterocycles. The van der Waals surface area contributed by atoms with Gasteiger partial charge in [0.05, 0.1) is 5.25 Å². The molecule has 0 saturated carbocycles. The van der Waals surface area contributed by atoms with Crippen LogP contribution >= 0.6 is 11.8 Å². The highest BCUT2D eigenvalue weighted by Crippen LogP contribution is 2.24. The van der Waals surface area contributed by atoms with Crippen LogP contribution in [0.25, 0.3) is 0 Å². The number of urea groups is 1. The number of hydrogen-bond donors (Lipinski definition) is 3. The van der Waals surface area contributed by atoms with Crippen molar-refractivity contribution >= 4 is 29.5 Å². The van der Waals surface area contributed by atoms with Crippen molar-refractivity contribution in [1.29, 1.82) is 10.5 Å².